The zero-order valence-electron chi connectivity index (χ0n) is 7.39. The van der Waals surface area contributed by atoms with E-state index in [2.05, 4.69) is 19.2 Å². The summed E-state index contributed by atoms with van der Waals surface area (Å²) in [6.07, 6.45) is 4.10. The zero-order chi connectivity index (χ0) is 8.27. The lowest BCUT2D eigenvalue weighted by Crippen LogP contribution is -2.39. The molecule has 1 aliphatic heterocycles. The Hall–Kier alpha value is -0.530. The van der Waals surface area contributed by atoms with Gasteiger partial charge in [-0.15, -0.1) is 0 Å². The van der Waals surface area contributed by atoms with Crippen molar-refractivity contribution in [2.24, 2.45) is 5.92 Å². The van der Waals surface area contributed by atoms with Gasteiger partial charge >= 0.3 is 0 Å². The quantitative estimate of drug-likeness (QED) is 0.646. The van der Waals surface area contributed by atoms with Crippen LogP contribution in [0.15, 0.2) is 0 Å². The summed E-state index contributed by atoms with van der Waals surface area (Å²) in [6, 6.07) is 0.455. The number of carbonyl (C=O) groups is 1. The maximum Gasteiger partial charge on any atom is 0.220 e. The van der Waals surface area contributed by atoms with Gasteiger partial charge in [0.2, 0.25) is 5.91 Å². The molecule has 64 valence electrons. The van der Waals surface area contributed by atoms with E-state index in [-0.39, 0.29) is 5.91 Å². The molecule has 0 spiro atoms. The van der Waals surface area contributed by atoms with E-state index < -0.39 is 0 Å². The molecule has 0 aromatic carbocycles. The van der Waals surface area contributed by atoms with E-state index in [1.165, 1.54) is 6.42 Å². The van der Waals surface area contributed by atoms with Gasteiger partial charge in [-0.2, -0.15) is 0 Å². The average molecular weight is 155 g/mol. The minimum atomic E-state index is 0.238. The van der Waals surface area contributed by atoms with Crippen LogP contribution >= 0.6 is 0 Å². The van der Waals surface area contributed by atoms with Gasteiger partial charge in [-0.1, -0.05) is 13.8 Å². The minimum Gasteiger partial charge on any atom is -0.353 e. The van der Waals surface area contributed by atoms with Crippen molar-refractivity contribution in [2.75, 3.05) is 0 Å². The maximum atomic E-state index is 10.9. The van der Waals surface area contributed by atoms with Gasteiger partial charge in [0.1, 0.15) is 0 Å². The SMILES string of the molecule is CC(C)C[C@H]1CCCC(=O)N1. The van der Waals surface area contributed by atoms with Crippen molar-refractivity contribution in [3.8, 4) is 0 Å². The Morgan fingerprint density at radius 1 is 1.64 bits per heavy atom. The van der Waals surface area contributed by atoms with Crippen molar-refractivity contribution in [1.29, 1.82) is 0 Å². The number of nitrogens with one attached hydrogen (secondary N) is 1. The molecule has 1 aliphatic rings. The van der Waals surface area contributed by atoms with Crippen molar-refractivity contribution in [3.05, 3.63) is 0 Å². The fourth-order valence-electron chi connectivity index (χ4n) is 1.63. The molecule has 1 N–H and O–H groups in total. The fraction of sp³-hybridized carbons (Fsp3) is 0.889. The molecule has 1 heterocycles. The highest BCUT2D eigenvalue weighted by molar-refractivity contribution is 5.76. The summed E-state index contributed by atoms with van der Waals surface area (Å²) >= 11 is 0. The topological polar surface area (TPSA) is 29.1 Å². The molecule has 0 aliphatic carbocycles. The van der Waals surface area contributed by atoms with E-state index in [1.807, 2.05) is 0 Å². The third-order valence-corrected chi connectivity index (χ3v) is 2.08. The second-order valence-electron chi connectivity index (χ2n) is 3.79. The third kappa shape index (κ3) is 2.91. The summed E-state index contributed by atoms with van der Waals surface area (Å²) in [5, 5.41) is 3.01. The number of rotatable bonds is 2. The average Bonchev–Trinajstić information content (AvgIpc) is 1.85. The van der Waals surface area contributed by atoms with E-state index in [9.17, 15) is 4.79 Å². The van der Waals surface area contributed by atoms with Gasteiger partial charge in [0, 0.05) is 12.5 Å². The Kier molecular flexibility index (Phi) is 2.92. The van der Waals surface area contributed by atoms with Crippen LogP contribution < -0.4 is 5.32 Å². The second kappa shape index (κ2) is 3.74. The van der Waals surface area contributed by atoms with Crippen LogP contribution in [0.25, 0.3) is 0 Å². The van der Waals surface area contributed by atoms with Gasteiger partial charge in [-0.3, -0.25) is 4.79 Å². The fourth-order valence-corrected chi connectivity index (χ4v) is 1.63. The van der Waals surface area contributed by atoms with Gasteiger partial charge in [0.05, 0.1) is 0 Å². The molecule has 2 heteroatoms. The van der Waals surface area contributed by atoms with Crippen LogP contribution in [0.3, 0.4) is 0 Å². The number of carbonyl (C=O) groups excluding carboxylic acids is 1. The molecule has 0 aromatic rings. The molecule has 11 heavy (non-hydrogen) atoms. The van der Waals surface area contributed by atoms with E-state index >= 15 is 0 Å². The van der Waals surface area contributed by atoms with Gasteiger partial charge in [0.25, 0.3) is 0 Å². The third-order valence-electron chi connectivity index (χ3n) is 2.08. The predicted molar refractivity (Wildman–Crippen MR) is 45.2 cm³/mol. The Bertz CT molecular complexity index is 142. The van der Waals surface area contributed by atoms with Crippen molar-refractivity contribution >= 4 is 5.91 Å². The van der Waals surface area contributed by atoms with E-state index in [1.54, 1.807) is 0 Å². The van der Waals surface area contributed by atoms with E-state index in [0.29, 0.717) is 12.0 Å². The van der Waals surface area contributed by atoms with Crippen LogP contribution in [0.2, 0.25) is 0 Å². The predicted octanol–water partition coefficient (Wildman–Crippen LogP) is 1.70. The summed E-state index contributed by atoms with van der Waals surface area (Å²) in [5.74, 6) is 0.931. The second-order valence-corrected chi connectivity index (χ2v) is 3.79. The van der Waals surface area contributed by atoms with Crippen molar-refractivity contribution in [3.63, 3.8) is 0 Å². The lowest BCUT2D eigenvalue weighted by Gasteiger charge is -2.24. The first-order chi connectivity index (χ1) is 5.18. The zero-order valence-corrected chi connectivity index (χ0v) is 7.39. The van der Waals surface area contributed by atoms with E-state index in [4.69, 9.17) is 0 Å². The summed E-state index contributed by atoms with van der Waals surface area (Å²) in [5.41, 5.74) is 0. The molecule has 0 aromatic heterocycles. The Balaban J connectivity index is 2.28. The van der Waals surface area contributed by atoms with Gasteiger partial charge in [-0.25, -0.2) is 0 Å². The molecule has 1 amide bonds. The first kappa shape index (κ1) is 8.57. The molecule has 1 fully saturated rings. The Morgan fingerprint density at radius 3 is 2.91 bits per heavy atom. The Labute approximate surface area is 68.4 Å². The highest BCUT2D eigenvalue weighted by Gasteiger charge is 2.18. The summed E-state index contributed by atoms with van der Waals surface area (Å²) in [4.78, 5) is 10.9. The monoisotopic (exact) mass is 155 g/mol. The highest BCUT2D eigenvalue weighted by atomic mass is 16.1. The molecule has 1 saturated heterocycles. The van der Waals surface area contributed by atoms with Gasteiger partial charge in [-0.05, 0) is 25.2 Å². The van der Waals surface area contributed by atoms with Gasteiger partial charge in [0.15, 0.2) is 0 Å². The normalized spacial score (nSPS) is 25.4. The van der Waals surface area contributed by atoms with Crippen LogP contribution in [0.4, 0.5) is 0 Å². The molecule has 2 nitrogen and oxygen atoms in total. The first-order valence-electron chi connectivity index (χ1n) is 4.48. The summed E-state index contributed by atoms with van der Waals surface area (Å²) in [7, 11) is 0. The van der Waals surface area contributed by atoms with E-state index in [0.717, 1.165) is 19.3 Å². The number of amides is 1. The molecular formula is C9H17NO. The van der Waals surface area contributed by atoms with Crippen molar-refractivity contribution in [1.82, 2.24) is 5.32 Å². The van der Waals surface area contributed by atoms with Gasteiger partial charge < -0.3 is 5.32 Å². The number of hydrogen-bond acceptors (Lipinski definition) is 1. The van der Waals surface area contributed by atoms with Crippen LogP contribution in [-0.2, 0) is 4.79 Å². The molecular weight excluding hydrogens is 138 g/mol. The molecule has 1 rings (SSSR count). The number of hydrogen-bond donors (Lipinski definition) is 1. The lowest BCUT2D eigenvalue weighted by atomic mass is 9.96. The Morgan fingerprint density at radius 2 is 2.36 bits per heavy atom. The smallest absolute Gasteiger partial charge is 0.220 e. The standard InChI is InChI=1S/C9H17NO/c1-7(2)6-8-4-3-5-9(11)10-8/h7-8H,3-6H2,1-2H3,(H,10,11)/t8-/m1/s1. The molecule has 1 atom stereocenters. The van der Waals surface area contributed by atoms with Crippen LogP contribution in [0.1, 0.15) is 39.5 Å². The number of piperidine rings is 1. The molecule has 0 saturated carbocycles. The summed E-state index contributed by atoms with van der Waals surface area (Å²) in [6.45, 7) is 4.39. The van der Waals surface area contributed by atoms with Crippen LogP contribution in [-0.4, -0.2) is 11.9 Å². The van der Waals surface area contributed by atoms with Crippen molar-refractivity contribution < 1.29 is 4.79 Å². The molecule has 0 bridgehead atoms. The molecule has 0 unspecified atom stereocenters. The highest BCUT2D eigenvalue weighted by Crippen LogP contribution is 2.14. The lowest BCUT2D eigenvalue weighted by molar-refractivity contribution is -0.123. The molecule has 0 radical (unpaired) electrons. The minimum absolute atomic E-state index is 0.238. The van der Waals surface area contributed by atoms with Crippen molar-refractivity contribution in [2.45, 2.75) is 45.6 Å². The summed E-state index contributed by atoms with van der Waals surface area (Å²) < 4.78 is 0. The van der Waals surface area contributed by atoms with Crippen LogP contribution in [0.5, 0.6) is 0 Å². The maximum absolute atomic E-state index is 10.9. The largest absolute Gasteiger partial charge is 0.353 e. The van der Waals surface area contributed by atoms with Crippen LogP contribution in [0, 0.1) is 5.92 Å². The first-order valence-corrected chi connectivity index (χ1v) is 4.48.